The predicted molar refractivity (Wildman–Crippen MR) is 59.8 cm³/mol. The Bertz CT molecular complexity index is 594. The van der Waals surface area contributed by atoms with Gasteiger partial charge < -0.3 is 9.84 Å². The van der Waals surface area contributed by atoms with E-state index in [4.69, 9.17) is 5.26 Å². The van der Waals surface area contributed by atoms with E-state index in [1.165, 1.54) is 0 Å². The molecular formula is C9H9NO5S2. The van der Waals surface area contributed by atoms with Gasteiger partial charge >= 0.3 is 5.97 Å². The van der Waals surface area contributed by atoms with Crippen LogP contribution in [0.3, 0.4) is 0 Å². The summed E-state index contributed by atoms with van der Waals surface area (Å²) in [6.07, 6.45) is 0.897. The van der Waals surface area contributed by atoms with E-state index < -0.39 is 27.1 Å². The second kappa shape index (κ2) is 4.73. The molecule has 0 amide bonds. The number of thiophene rings is 1. The monoisotopic (exact) mass is 275 g/mol. The van der Waals surface area contributed by atoms with E-state index >= 15 is 0 Å². The van der Waals surface area contributed by atoms with E-state index in [0.29, 0.717) is 11.3 Å². The first-order valence-electron chi connectivity index (χ1n) is 4.46. The summed E-state index contributed by atoms with van der Waals surface area (Å²) in [5.74, 6) is -1.49. The van der Waals surface area contributed by atoms with Crippen LogP contribution in [0.25, 0.3) is 0 Å². The Labute approximate surface area is 102 Å². The van der Waals surface area contributed by atoms with Gasteiger partial charge in [-0.1, -0.05) is 0 Å². The molecule has 1 aromatic heterocycles. The molecule has 0 atom stereocenters. The Balaban J connectivity index is 3.45. The summed E-state index contributed by atoms with van der Waals surface area (Å²) in [4.78, 5) is 11.1. The first kappa shape index (κ1) is 13.5. The highest BCUT2D eigenvalue weighted by atomic mass is 32.2. The molecule has 17 heavy (non-hydrogen) atoms. The summed E-state index contributed by atoms with van der Waals surface area (Å²) < 4.78 is 27.0. The van der Waals surface area contributed by atoms with Crippen LogP contribution in [0.4, 0.5) is 0 Å². The Morgan fingerprint density at radius 2 is 2.18 bits per heavy atom. The van der Waals surface area contributed by atoms with Crippen LogP contribution in [0.1, 0.15) is 22.2 Å². The molecule has 1 aromatic rings. The fourth-order valence-electron chi connectivity index (χ4n) is 1.10. The molecule has 0 aromatic carbocycles. The van der Waals surface area contributed by atoms with Crippen molar-refractivity contribution in [2.75, 3.05) is 12.9 Å². The van der Waals surface area contributed by atoms with Crippen molar-refractivity contribution in [1.82, 2.24) is 0 Å². The standard InChI is InChI=1S/C9H9NO5S2/c1-3-15-8(12)7-6(11)5(4-10)9(16-7)17(2,13)14/h11H,3H2,1-2H3. The average molecular weight is 275 g/mol. The number of carbonyl (C=O) groups excluding carboxylic acids is 1. The minimum Gasteiger partial charge on any atom is -0.505 e. The number of ether oxygens (including phenoxy) is 1. The van der Waals surface area contributed by atoms with E-state index in [2.05, 4.69) is 4.74 Å². The molecule has 0 radical (unpaired) electrons. The fourth-order valence-corrected chi connectivity index (χ4v) is 3.24. The largest absolute Gasteiger partial charge is 0.505 e. The normalized spacial score (nSPS) is 10.9. The molecule has 0 saturated carbocycles. The van der Waals surface area contributed by atoms with Crippen LogP contribution in [0, 0.1) is 11.3 Å². The number of hydrogen-bond donors (Lipinski definition) is 1. The van der Waals surface area contributed by atoms with E-state index in [1.54, 1.807) is 13.0 Å². The molecule has 0 saturated heterocycles. The molecule has 1 heterocycles. The topological polar surface area (TPSA) is 104 Å². The van der Waals surface area contributed by atoms with Crippen LogP contribution in [-0.4, -0.2) is 32.4 Å². The maximum atomic E-state index is 11.4. The van der Waals surface area contributed by atoms with Gasteiger partial charge in [0.25, 0.3) is 0 Å². The maximum absolute atomic E-state index is 11.4. The van der Waals surface area contributed by atoms with E-state index in [9.17, 15) is 18.3 Å². The molecule has 0 bridgehead atoms. The highest BCUT2D eigenvalue weighted by Gasteiger charge is 2.28. The lowest BCUT2D eigenvalue weighted by molar-refractivity contribution is 0.0529. The Morgan fingerprint density at radius 3 is 2.53 bits per heavy atom. The Kier molecular flexibility index (Phi) is 3.75. The first-order chi connectivity index (χ1) is 7.82. The van der Waals surface area contributed by atoms with Crippen molar-refractivity contribution in [2.24, 2.45) is 0 Å². The van der Waals surface area contributed by atoms with Crippen LogP contribution in [-0.2, 0) is 14.6 Å². The number of nitrogens with zero attached hydrogens (tertiary/aromatic N) is 1. The van der Waals surface area contributed by atoms with Crippen LogP contribution >= 0.6 is 11.3 Å². The summed E-state index contributed by atoms with van der Waals surface area (Å²) in [7, 11) is -3.67. The van der Waals surface area contributed by atoms with Crippen molar-refractivity contribution in [2.45, 2.75) is 11.1 Å². The van der Waals surface area contributed by atoms with E-state index in [-0.39, 0.29) is 15.7 Å². The number of rotatable bonds is 3. The number of esters is 1. The van der Waals surface area contributed by atoms with Crippen LogP contribution < -0.4 is 0 Å². The minimum atomic E-state index is -3.67. The lowest BCUT2D eigenvalue weighted by Crippen LogP contribution is -2.02. The summed E-state index contributed by atoms with van der Waals surface area (Å²) in [5.41, 5.74) is -0.416. The molecule has 0 unspecified atom stereocenters. The quantitative estimate of drug-likeness (QED) is 0.822. The lowest BCUT2D eigenvalue weighted by atomic mass is 10.3. The molecule has 1 N–H and O–H groups in total. The molecule has 0 spiro atoms. The molecule has 0 fully saturated rings. The summed E-state index contributed by atoms with van der Waals surface area (Å²) >= 11 is 0.531. The Morgan fingerprint density at radius 1 is 1.59 bits per heavy atom. The molecule has 6 nitrogen and oxygen atoms in total. The molecule has 0 aliphatic rings. The zero-order chi connectivity index (χ0) is 13.2. The number of carbonyl (C=O) groups is 1. The number of aromatic hydroxyl groups is 1. The molecule has 1 rings (SSSR count). The van der Waals surface area contributed by atoms with Crippen molar-refractivity contribution in [3.05, 3.63) is 10.4 Å². The third-order valence-corrected chi connectivity index (χ3v) is 4.75. The van der Waals surface area contributed by atoms with E-state index in [0.717, 1.165) is 6.26 Å². The van der Waals surface area contributed by atoms with Gasteiger partial charge in [0.2, 0.25) is 0 Å². The number of nitriles is 1. The van der Waals surface area contributed by atoms with Gasteiger partial charge in [-0.2, -0.15) is 5.26 Å². The van der Waals surface area contributed by atoms with Gasteiger partial charge in [-0.25, -0.2) is 13.2 Å². The summed E-state index contributed by atoms with van der Waals surface area (Å²) in [6.45, 7) is 1.66. The summed E-state index contributed by atoms with van der Waals surface area (Å²) in [5, 5.41) is 18.4. The zero-order valence-electron chi connectivity index (χ0n) is 9.05. The van der Waals surface area contributed by atoms with Gasteiger partial charge in [0.15, 0.2) is 20.5 Å². The lowest BCUT2D eigenvalue weighted by Gasteiger charge is -1.97. The van der Waals surface area contributed by atoms with Crippen molar-refractivity contribution in [1.29, 1.82) is 5.26 Å². The number of hydrogen-bond acceptors (Lipinski definition) is 7. The zero-order valence-corrected chi connectivity index (χ0v) is 10.7. The number of sulfone groups is 1. The highest BCUT2D eigenvalue weighted by Crippen LogP contribution is 2.37. The second-order valence-electron chi connectivity index (χ2n) is 3.05. The van der Waals surface area contributed by atoms with Crippen LogP contribution in [0.2, 0.25) is 0 Å². The van der Waals surface area contributed by atoms with Gasteiger partial charge in [0.1, 0.15) is 15.8 Å². The molecular weight excluding hydrogens is 266 g/mol. The Hall–Kier alpha value is -1.59. The first-order valence-corrected chi connectivity index (χ1v) is 7.16. The van der Waals surface area contributed by atoms with Crippen LogP contribution in [0.5, 0.6) is 5.75 Å². The fraction of sp³-hybridized carbons (Fsp3) is 0.333. The van der Waals surface area contributed by atoms with Gasteiger partial charge in [-0.3, -0.25) is 0 Å². The summed E-state index contributed by atoms with van der Waals surface area (Å²) in [6, 6.07) is 1.56. The minimum absolute atomic E-state index is 0.0896. The SMILES string of the molecule is CCOC(=O)c1sc(S(C)(=O)=O)c(C#N)c1O. The van der Waals surface area contributed by atoms with Crippen LogP contribution in [0.15, 0.2) is 4.21 Å². The highest BCUT2D eigenvalue weighted by molar-refractivity contribution is 7.92. The molecule has 0 aliphatic heterocycles. The smallest absolute Gasteiger partial charge is 0.352 e. The second-order valence-corrected chi connectivity index (χ2v) is 6.28. The average Bonchev–Trinajstić information content (AvgIpc) is 2.55. The van der Waals surface area contributed by atoms with Gasteiger partial charge in [0, 0.05) is 6.26 Å². The van der Waals surface area contributed by atoms with Gasteiger partial charge in [-0.15, -0.1) is 11.3 Å². The molecule has 92 valence electrons. The third kappa shape index (κ3) is 2.57. The predicted octanol–water partition coefficient (Wildman–Crippen LogP) is 0.906. The van der Waals surface area contributed by atoms with Crippen molar-refractivity contribution < 1.29 is 23.1 Å². The van der Waals surface area contributed by atoms with Gasteiger partial charge in [-0.05, 0) is 6.92 Å². The molecule has 0 aliphatic carbocycles. The van der Waals surface area contributed by atoms with E-state index in [1.807, 2.05) is 0 Å². The van der Waals surface area contributed by atoms with Crippen molar-refractivity contribution in [3.8, 4) is 11.8 Å². The maximum Gasteiger partial charge on any atom is 0.352 e. The van der Waals surface area contributed by atoms with Gasteiger partial charge in [0.05, 0.1) is 6.61 Å². The van der Waals surface area contributed by atoms with Crippen molar-refractivity contribution >= 4 is 27.1 Å². The third-order valence-electron chi connectivity index (χ3n) is 1.76. The van der Waals surface area contributed by atoms with Crippen molar-refractivity contribution in [3.63, 3.8) is 0 Å². The molecule has 8 heteroatoms.